The van der Waals surface area contributed by atoms with Crippen molar-refractivity contribution in [2.75, 3.05) is 41.4 Å². The van der Waals surface area contributed by atoms with Gasteiger partial charge in [-0.15, -0.1) is 0 Å². The van der Waals surface area contributed by atoms with Crippen LogP contribution in [-0.4, -0.2) is 54.1 Å². The van der Waals surface area contributed by atoms with E-state index in [1.165, 1.54) is 12.3 Å². The fourth-order valence-corrected chi connectivity index (χ4v) is 4.94. The lowest BCUT2D eigenvalue weighted by atomic mass is 10.00. The second-order valence-electron chi connectivity index (χ2n) is 9.63. The first-order chi connectivity index (χ1) is 18.2. The third kappa shape index (κ3) is 4.96. The van der Waals surface area contributed by atoms with Gasteiger partial charge in [0.05, 0.1) is 24.9 Å². The van der Waals surface area contributed by atoms with Gasteiger partial charge >= 0.3 is 0 Å². The lowest BCUT2D eigenvalue weighted by molar-refractivity contribution is -0.119. The first kappa shape index (κ1) is 25.7. The molecule has 1 fully saturated rings. The Balaban J connectivity index is 1.48. The minimum Gasteiger partial charge on any atom is -0.377 e. The fraction of sp³-hybridized carbons (Fsp3) is 0.357. The summed E-state index contributed by atoms with van der Waals surface area (Å²) in [4.78, 5) is 38.1. The zero-order valence-electron chi connectivity index (χ0n) is 21.5. The van der Waals surface area contributed by atoms with E-state index < -0.39 is 17.5 Å². The SMILES string of the molecule is CCN1C(=O)C[C@H]2COCCN2c2cc(-c3cc(NC(=O)c4ccnc(C(C)(F)F)c4)ccc3C)cnc21. The van der Waals surface area contributed by atoms with Crippen molar-refractivity contribution >= 4 is 29.0 Å². The van der Waals surface area contributed by atoms with Crippen molar-refractivity contribution in [1.29, 1.82) is 0 Å². The van der Waals surface area contributed by atoms with E-state index in [1.54, 1.807) is 17.2 Å². The molecule has 0 aliphatic carbocycles. The predicted molar refractivity (Wildman–Crippen MR) is 141 cm³/mol. The van der Waals surface area contributed by atoms with Crippen LogP contribution in [0.1, 0.15) is 41.9 Å². The first-order valence-corrected chi connectivity index (χ1v) is 12.6. The van der Waals surface area contributed by atoms with Crippen molar-refractivity contribution in [3.05, 3.63) is 65.6 Å². The average Bonchev–Trinajstić information content (AvgIpc) is 3.02. The van der Waals surface area contributed by atoms with E-state index in [4.69, 9.17) is 9.72 Å². The normalized spacial score (nSPS) is 17.5. The van der Waals surface area contributed by atoms with E-state index in [1.807, 2.05) is 32.0 Å². The van der Waals surface area contributed by atoms with Gasteiger partial charge in [-0.25, -0.2) is 4.98 Å². The van der Waals surface area contributed by atoms with Crippen LogP contribution < -0.4 is 15.1 Å². The quantitative estimate of drug-likeness (QED) is 0.520. The number of rotatable bonds is 5. The van der Waals surface area contributed by atoms with Crippen LogP contribution in [0.3, 0.4) is 0 Å². The Labute approximate surface area is 219 Å². The monoisotopic (exact) mass is 521 g/mol. The predicted octanol–water partition coefficient (Wildman–Crippen LogP) is 4.78. The van der Waals surface area contributed by atoms with Gasteiger partial charge in [0.2, 0.25) is 5.91 Å². The zero-order chi connectivity index (χ0) is 27.0. The number of fused-ring (bicyclic) bond motifs is 3. The van der Waals surface area contributed by atoms with E-state index in [2.05, 4.69) is 15.2 Å². The number of hydrogen-bond acceptors (Lipinski definition) is 6. The number of ether oxygens (including phenoxy) is 1. The second kappa shape index (κ2) is 10.1. The molecular formula is C28H29F2N5O3. The molecule has 1 N–H and O–H groups in total. The summed E-state index contributed by atoms with van der Waals surface area (Å²) < 4.78 is 33.0. The summed E-state index contributed by atoms with van der Waals surface area (Å²) >= 11 is 0. The second-order valence-corrected chi connectivity index (χ2v) is 9.63. The van der Waals surface area contributed by atoms with Crippen LogP contribution in [0, 0.1) is 6.92 Å². The highest BCUT2D eigenvalue weighted by molar-refractivity contribution is 6.04. The average molecular weight is 522 g/mol. The van der Waals surface area contributed by atoms with Gasteiger partial charge < -0.3 is 15.0 Å². The van der Waals surface area contributed by atoms with Gasteiger partial charge in [0, 0.05) is 55.6 Å². The van der Waals surface area contributed by atoms with E-state index in [-0.39, 0.29) is 17.5 Å². The summed E-state index contributed by atoms with van der Waals surface area (Å²) in [6, 6.07) is 9.96. The molecule has 2 aliphatic rings. The molecule has 5 rings (SSSR count). The lowest BCUT2D eigenvalue weighted by Crippen LogP contribution is -2.46. The molecule has 0 radical (unpaired) electrons. The molecule has 0 unspecified atom stereocenters. The number of morpholine rings is 1. The molecule has 2 aromatic heterocycles. The van der Waals surface area contributed by atoms with E-state index in [0.29, 0.717) is 44.2 Å². The number of carbonyl (C=O) groups is 2. The molecule has 1 aromatic carbocycles. The minimum absolute atomic E-state index is 0.0213. The smallest absolute Gasteiger partial charge is 0.286 e. The van der Waals surface area contributed by atoms with E-state index in [0.717, 1.165) is 35.4 Å². The molecule has 2 amide bonds. The number of nitrogens with one attached hydrogen (secondary N) is 1. The highest BCUT2D eigenvalue weighted by Gasteiger charge is 2.35. The number of aromatic nitrogens is 2. The van der Waals surface area contributed by atoms with Crippen LogP contribution in [-0.2, 0) is 15.5 Å². The Morgan fingerprint density at radius 2 is 2.03 bits per heavy atom. The standard InChI is InChI=1S/C28H29F2N5O3/c1-4-34-25(36)14-21-16-38-10-9-35(21)23-11-19(15-32-26(23)34)22-13-20(6-5-17(22)2)33-27(37)18-7-8-31-24(12-18)28(3,29)30/h5-8,11-13,15,21H,4,9-10,14,16H2,1-3H3,(H,33,37)/t21-/m0/s1. The zero-order valence-corrected chi connectivity index (χ0v) is 21.5. The number of amides is 2. The molecule has 8 nitrogen and oxygen atoms in total. The molecule has 0 saturated carbocycles. The summed E-state index contributed by atoms with van der Waals surface area (Å²) in [5, 5.41) is 2.80. The molecule has 1 atom stereocenters. The number of benzene rings is 1. The fourth-order valence-electron chi connectivity index (χ4n) is 4.94. The van der Waals surface area contributed by atoms with Gasteiger partial charge in [0.15, 0.2) is 5.82 Å². The van der Waals surface area contributed by atoms with Crippen molar-refractivity contribution < 1.29 is 23.1 Å². The Morgan fingerprint density at radius 1 is 1.21 bits per heavy atom. The summed E-state index contributed by atoms with van der Waals surface area (Å²) in [5.41, 5.74) is 3.68. The van der Waals surface area contributed by atoms with Crippen LogP contribution >= 0.6 is 0 Å². The number of alkyl halides is 2. The summed E-state index contributed by atoms with van der Waals surface area (Å²) in [7, 11) is 0. The van der Waals surface area contributed by atoms with Crippen molar-refractivity contribution in [2.24, 2.45) is 0 Å². The summed E-state index contributed by atoms with van der Waals surface area (Å²) in [6.07, 6.45) is 3.30. The summed E-state index contributed by atoms with van der Waals surface area (Å²) in [5.74, 6) is -3.01. The molecule has 1 saturated heterocycles. The highest BCUT2D eigenvalue weighted by Crippen LogP contribution is 2.38. The third-order valence-corrected chi connectivity index (χ3v) is 6.95. The van der Waals surface area contributed by atoms with Crippen LogP contribution in [0.2, 0.25) is 0 Å². The number of hydrogen-bond donors (Lipinski definition) is 1. The third-order valence-electron chi connectivity index (χ3n) is 6.95. The van der Waals surface area contributed by atoms with Crippen LogP contribution in [0.25, 0.3) is 11.1 Å². The van der Waals surface area contributed by atoms with Crippen molar-refractivity contribution in [3.63, 3.8) is 0 Å². The topological polar surface area (TPSA) is 87.7 Å². The van der Waals surface area contributed by atoms with Gasteiger partial charge in [-0.05, 0) is 55.3 Å². The maximum Gasteiger partial charge on any atom is 0.286 e. The van der Waals surface area contributed by atoms with Crippen molar-refractivity contribution in [1.82, 2.24) is 9.97 Å². The first-order valence-electron chi connectivity index (χ1n) is 12.6. The van der Waals surface area contributed by atoms with Gasteiger partial charge in [-0.1, -0.05) is 6.07 Å². The molecule has 198 valence electrons. The maximum atomic E-state index is 13.7. The number of aryl methyl sites for hydroxylation is 1. The Morgan fingerprint density at radius 3 is 2.79 bits per heavy atom. The Kier molecular flexibility index (Phi) is 6.83. The van der Waals surface area contributed by atoms with Crippen LogP contribution in [0.4, 0.5) is 26.0 Å². The molecule has 38 heavy (non-hydrogen) atoms. The van der Waals surface area contributed by atoms with E-state index >= 15 is 0 Å². The number of anilines is 3. The van der Waals surface area contributed by atoms with Gasteiger partial charge in [0.25, 0.3) is 11.8 Å². The molecule has 4 heterocycles. The molecule has 10 heteroatoms. The van der Waals surface area contributed by atoms with Crippen LogP contribution in [0.5, 0.6) is 0 Å². The van der Waals surface area contributed by atoms with Crippen LogP contribution in [0.15, 0.2) is 48.8 Å². The molecule has 0 bridgehead atoms. The summed E-state index contributed by atoms with van der Waals surface area (Å²) in [6.45, 7) is 6.86. The molecule has 2 aliphatic heterocycles. The van der Waals surface area contributed by atoms with Crippen molar-refractivity contribution in [3.8, 4) is 11.1 Å². The van der Waals surface area contributed by atoms with Gasteiger partial charge in [-0.2, -0.15) is 8.78 Å². The van der Waals surface area contributed by atoms with Crippen molar-refractivity contribution in [2.45, 2.75) is 39.2 Å². The largest absolute Gasteiger partial charge is 0.377 e. The number of carbonyl (C=O) groups excluding carboxylic acids is 2. The minimum atomic E-state index is -3.15. The molecule has 3 aromatic rings. The number of nitrogens with zero attached hydrogens (tertiary/aromatic N) is 4. The number of pyridine rings is 2. The van der Waals surface area contributed by atoms with Gasteiger partial charge in [0.1, 0.15) is 5.69 Å². The molecular weight excluding hydrogens is 492 g/mol. The molecule has 0 spiro atoms. The lowest BCUT2D eigenvalue weighted by Gasteiger charge is -2.36. The van der Waals surface area contributed by atoms with Gasteiger partial charge in [-0.3, -0.25) is 19.5 Å². The Bertz CT molecular complexity index is 1390. The maximum absolute atomic E-state index is 13.7. The highest BCUT2D eigenvalue weighted by atomic mass is 19.3. The van der Waals surface area contributed by atoms with E-state index in [9.17, 15) is 18.4 Å². The Hall–Kier alpha value is -3.92. The number of halogens is 2.